The number of aromatic nitrogens is 4. The third-order valence-electron chi connectivity index (χ3n) is 4.97. The Hall–Kier alpha value is -3.74. The average Bonchev–Trinajstić information content (AvgIpc) is 3.17. The van der Waals surface area contributed by atoms with Gasteiger partial charge in [-0.15, -0.1) is 0 Å². The largest absolute Gasteiger partial charge is 0.337 e. The standard InChI is InChI=1S/C22H20N4O3/c1-14-8-9-17(12-16(14)3)20-23-19(29-24-20)13-25-10-11-26(22(28)21(25)27)18-7-5-4-6-15(18)2/h4-12H,13H2,1-3H3. The molecule has 29 heavy (non-hydrogen) atoms. The van der Waals surface area contributed by atoms with Gasteiger partial charge >= 0.3 is 11.1 Å². The van der Waals surface area contributed by atoms with Crippen LogP contribution in [-0.2, 0) is 6.54 Å². The Morgan fingerprint density at radius 2 is 1.69 bits per heavy atom. The molecule has 0 aliphatic rings. The van der Waals surface area contributed by atoms with E-state index in [0.717, 1.165) is 16.7 Å². The van der Waals surface area contributed by atoms with Crippen LogP contribution in [0, 0.1) is 20.8 Å². The molecule has 0 fully saturated rings. The molecule has 0 spiro atoms. The predicted molar refractivity (Wildman–Crippen MR) is 109 cm³/mol. The third kappa shape index (κ3) is 3.54. The summed E-state index contributed by atoms with van der Waals surface area (Å²) < 4.78 is 7.91. The van der Waals surface area contributed by atoms with Crippen molar-refractivity contribution in [2.24, 2.45) is 0 Å². The van der Waals surface area contributed by atoms with Crippen molar-refractivity contribution in [3.63, 3.8) is 0 Å². The number of para-hydroxylation sites is 1. The topological polar surface area (TPSA) is 82.9 Å². The SMILES string of the molecule is Cc1ccc(-c2noc(Cn3ccn(-c4ccccc4C)c(=O)c3=O)n2)cc1C. The second-order valence-corrected chi connectivity index (χ2v) is 7.00. The van der Waals surface area contributed by atoms with Crippen molar-refractivity contribution in [3.8, 4) is 17.1 Å². The first-order valence-corrected chi connectivity index (χ1v) is 9.22. The van der Waals surface area contributed by atoms with Crippen molar-refractivity contribution in [3.05, 3.63) is 98.1 Å². The molecule has 146 valence electrons. The molecule has 7 nitrogen and oxygen atoms in total. The lowest BCUT2D eigenvalue weighted by Crippen LogP contribution is -2.40. The first-order chi connectivity index (χ1) is 13.9. The predicted octanol–water partition coefficient (Wildman–Crippen LogP) is 3.02. The number of aryl methyl sites for hydroxylation is 3. The maximum atomic E-state index is 12.6. The van der Waals surface area contributed by atoms with Crippen LogP contribution in [0.2, 0.25) is 0 Å². The molecule has 0 unspecified atom stereocenters. The minimum atomic E-state index is -0.651. The zero-order valence-corrected chi connectivity index (χ0v) is 16.4. The van der Waals surface area contributed by atoms with Gasteiger partial charge < -0.3 is 4.52 Å². The second kappa shape index (κ2) is 7.35. The molecule has 7 heteroatoms. The van der Waals surface area contributed by atoms with Crippen molar-refractivity contribution < 1.29 is 4.52 Å². The van der Waals surface area contributed by atoms with Crippen LogP contribution in [0.15, 0.2) is 69.0 Å². The van der Waals surface area contributed by atoms with Crippen LogP contribution in [0.25, 0.3) is 17.1 Å². The summed E-state index contributed by atoms with van der Waals surface area (Å²) in [5, 5.41) is 4.00. The van der Waals surface area contributed by atoms with Crippen molar-refractivity contribution in [2.75, 3.05) is 0 Å². The van der Waals surface area contributed by atoms with Gasteiger partial charge in [0, 0.05) is 18.0 Å². The van der Waals surface area contributed by atoms with E-state index in [1.165, 1.54) is 14.7 Å². The summed E-state index contributed by atoms with van der Waals surface area (Å²) in [6, 6.07) is 13.3. The highest BCUT2D eigenvalue weighted by Gasteiger charge is 2.13. The Labute approximate surface area is 166 Å². The van der Waals surface area contributed by atoms with Gasteiger partial charge in [-0.2, -0.15) is 4.98 Å². The molecule has 4 aromatic rings. The van der Waals surface area contributed by atoms with Gasteiger partial charge in [-0.3, -0.25) is 18.7 Å². The minimum Gasteiger partial charge on any atom is -0.337 e. The van der Waals surface area contributed by atoms with Crippen LogP contribution in [0.5, 0.6) is 0 Å². The molecule has 0 N–H and O–H groups in total. The van der Waals surface area contributed by atoms with E-state index in [9.17, 15) is 9.59 Å². The molecule has 0 bridgehead atoms. The van der Waals surface area contributed by atoms with Gasteiger partial charge in [-0.1, -0.05) is 35.5 Å². The molecule has 2 aromatic carbocycles. The van der Waals surface area contributed by atoms with E-state index in [-0.39, 0.29) is 12.4 Å². The molecule has 0 amide bonds. The van der Waals surface area contributed by atoms with Gasteiger partial charge in [0.15, 0.2) is 0 Å². The van der Waals surface area contributed by atoms with Crippen molar-refractivity contribution in [2.45, 2.75) is 27.3 Å². The second-order valence-electron chi connectivity index (χ2n) is 7.00. The van der Waals surface area contributed by atoms with E-state index in [1.54, 1.807) is 18.5 Å². The lowest BCUT2D eigenvalue weighted by atomic mass is 10.1. The number of benzene rings is 2. The molecule has 0 saturated carbocycles. The van der Waals surface area contributed by atoms with E-state index in [1.807, 2.05) is 57.2 Å². The Morgan fingerprint density at radius 3 is 2.45 bits per heavy atom. The van der Waals surface area contributed by atoms with Gasteiger partial charge in [0.05, 0.1) is 5.69 Å². The highest BCUT2D eigenvalue weighted by molar-refractivity contribution is 5.56. The van der Waals surface area contributed by atoms with E-state index in [2.05, 4.69) is 10.1 Å². The molecule has 0 aliphatic carbocycles. The molecule has 4 rings (SSSR count). The van der Waals surface area contributed by atoms with E-state index < -0.39 is 11.1 Å². The lowest BCUT2D eigenvalue weighted by molar-refractivity contribution is 0.369. The zero-order chi connectivity index (χ0) is 20.5. The fourth-order valence-electron chi connectivity index (χ4n) is 3.12. The Balaban J connectivity index is 1.64. The first-order valence-electron chi connectivity index (χ1n) is 9.22. The van der Waals surface area contributed by atoms with Crippen LogP contribution in [0.3, 0.4) is 0 Å². The highest BCUT2D eigenvalue weighted by atomic mass is 16.5. The fraction of sp³-hybridized carbons (Fsp3) is 0.182. The molecule has 0 atom stereocenters. The molecular weight excluding hydrogens is 368 g/mol. The normalized spacial score (nSPS) is 11.0. The fourth-order valence-corrected chi connectivity index (χ4v) is 3.12. The van der Waals surface area contributed by atoms with Crippen molar-refractivity contribution >= 4 is 0 Å². The van der Waals surface area contributed by atoms with Gasteiger partial charge in [0.2, 0.25) is 11.7 Å². The van der Waals surface area contributed by atoms with Crippen LogP contribution < -0.4 is 11.1 Å². The molecule has 2 heterocycles. The molecule has 0 saturated heterocycles. The Kier molecular flexibility index (Phi) is 4.72. The van der Waals surface area contributed by atoms with Crippen molar-refractivity contribution in [1.82, 2.24) is 19.3 Å². The summed E-state index contributed by atoms with van der Waals surface area (Å²) in [6.07, 6.45) is 3.13. The summed E-state index contributed by atoms with van der Waals surface area (Å²) in [5.41, 5.74) is 3.45. The third-order valence-corrected chi connectivity index (χ3v) is 4.97. The van der Waals surface area contributed by atoms with Crippen molar-refractivity contribution in [1.29, 1.82) is 0 Å². The molecule has 0 radical (unpaired) electrons. The summed E-state index contributed by atoms with van der Waals surface area (Å²) in [7, 11) is 0. The maximum absolute atomic E-state index is 12.6. The average molecular weight is 388 g/mol. The van der Waals surface area contributed by atoms with Crippen LogP contribution >= 0.6 is 0 Å². The Bertz CT molecular complexity index is 1310. The van der Waals surface area contributed by atoms with E-state index in [0.29, 0.717) is 11.5 Å². The summed E-state index contributed by atoms with van der Waals surface area (Å²) >= 11 is 0. The number of hydrogen-bond acceptors (Lipinski definition) is 5. The van der Waals surface area contributed by atoms with Gasteiger partial charge in [-0.05, 0) is 49.6 Å². The quantitative estimate of drug-likeness (QED) is 0.502. The number of hydrogen-bond donors (Lipinski definition) is 0. The maximum Gasteiger partial charge on any atom is 0.320 e. The van der Waals surface area contributed by atoms with Crippen LogP contribution in [0.1, 0.15) is 22.6 Å². The zero-order valence-electron chi connectivity index (χ0n) is 16.4. The monoisotopic (exact) mass is 388 g/mol. The van der Waals surface area contributed by atoms with Gasteiger partial charge in [0.1, 0.15) is 6.54 Å². The van der Waals surface area contributed by atoms with E-state index in [4.69, 9.17) is 4.52 Å². The molecule has 0 aliphatic heterocycles. The number of rotatable bonds is 4. The first kappa shape index (κ1) is 18.6. The summed E-state index contributed by atoms with van der Waals surface area (Å²) in [5.74, 6) is 0.706. The summed E-state index contributed by atoms with van der Waals surface area (Å²) in [4.78, 5) is 29.5. The van der Waals surface area contributed by atoms with Crippen LogP contribution in [-0.4, -0.2) is 19.3 Å². The minimum absolute atomic E-state index is 0.0283. The van der Waals surface area contributed by atoms with Crippen LogP contribution in [0.4, 0.5) is 0 Å². The van der Waals surface area contributed by atoms with E-state index >= 15 is 0 Å². The Morgan fingerprint density at radius 1 is 0.897 bits per heavy atom. The highest BCUT2D eigenvalue weighted by Crippen LogP contribution is 2.19. The smallest absolute Gasteiger partial charge is 0.320 e. The lowest BCUT2D eigenvalue weighted by Gasteiger charge is -2.09. The number of nitrogens with zero attached hydrogens (tertiary/aromatic N) is 4. The molecule has 2 aromatic heterocycles. The van der Waals surface area contributed by atoms with Gasteiger partial charge in [-0.25, -0.2) is 0 Å². The molecular formula is C22H20N4O3. The summed E-state index contributed by atoms with van der Waals surface area (Å²) in [6.45, 7) is 5.97. The van der Waals surface area contributed by atoms with Gasteiger partial charge in [0.25, 0.3) is 0 Å².